The Labute approximate surface area is 160 Å². The van der Waals surface area contributed by atoms with E-state index in [0.717, 1.165) is 4.57 Å². The van der Waals surface area contributed by atoms with E-state index in [4.69, 9.17) is 21.0 Å². The van der Waals surface area contributed by atoms with Crippen LogP contribution >= 0.6 is 0 Å². The van der Waals surface area contributed by atoms with Crippen molar-refractivity contribution in [1.29, 1.82) is 0 Å². The van der Waals surface area contributed by atoms with Crippen LogP contribution in [-0.4, -0.2) is 55.2 Å². The van der Waals surface area contributed by atoms with E-state index in [1.165, 1.54) is 6.20 Å². The maximum absolute atomic E-state index is 12.0. The SMILES string of the molecule is C#CCOc1cn([C@H]2C[C@H](O)[C@@H](CO)O2)c(=O)[nH]c1=O.O=c1[nH]cc(F)c(=O)[nH]1. The molecule has 0 amide bonds. The first-order valence-corrected chi connectivity index (χ1v) is 8.10. The first-order valence-electron chi connectivity index (χ1n) is 8.10. The molecule has 0 bridgehead atoms. The number of hydrogen-bond donors (Lipinski definition) is 5. The van der Waals surface area contributed by atoms with Gasteiger partial charge >= 0.3 is 11.4 Å². The predicted octanol–water partition coefficient (Wildman–Crippen LogP) is -2.61. The summed E-state index contributed by atoms with van der Waals surface area (Å²) < 4.78 is 23.4. The molecule has 5 N–H and O–H groups in total. The number of H-pyrrole nitrogens is 3. The van der Waals surface area contributed by atoms with E-state index in [9.17, 15) is 28.7 Å². The average Bonchev–Trinajstić information content (AvgIpc) is 3.05. The zero-order valence-electron chi connectivity index (χ0n) is 14.8. The molecule has 2 aromatic heterocycles. The lowest BCUT2D eigenvalue weighted by Gasteiger charge is -2.15. The zero-order chi connectivity index (χ0) is 21.6. The maximum Gasteiger partial charge on any atom is 0.330 e. The van der Waals surface area contributed by atoms with Gasteiger partial charge in [-0.05, 0) is 0 Å². The van der Waals surface area contributed by atoms with E-state index >= 15 is 0 Å². The summed E-state index contributed by atoms with van der Waals surface area (Å²) in [4.78, 5) is 49.3. The second-order valence-electron chi connectivity index (χ2n) is 5.69. The number of nitrogens with zero attached hydrogens (tertiary/aromatic N) is 1. The predicted molar refractivity (Wildman–Crippen MR) is 94.9 cm³/mol. The van der Waals surface area contributed by atoms with Crippen molar-refractivity contribution in [1.82, 2.24) is 19.5 Å². The number of aliphatic hydroxyl groups is 2. The largest absolute Gasteiger partial charge is 0.474 e. The molecule has 0 aromatic carbocycles. The average molecular weight is 412 g/mol. The Morgan fingerprint density at radius 1 is 1.31 bits per heavy atom. The minimum absolute atomic E-state index is 0.116. The second kappa shape index (κ2) is 9.64. The molecule has 0 radical (unpaired) electrons. The van der Waals surface area contributed by atoms with Crippen LogP contribution in [0.25, 0.3) is 0 Å². The number of aromatic amines is 3. The Bertz CT molecular complexity index is 1110. The summed E-state index contributed by atoms with van der Waals surface area (Å²) in [6, 6.07) is 0. The van der Waals surface area contributed by atoms with Crippen LogP contribution in [0, 0.1) is 18.2 Å². The fraction of sp³-hybridized carbons (Fsp3) is 0.375. The first-order chi connectivity index (χ1) is 13.8. The van der Waals surface area contributed by atoms with E-state index in [2.05, 4.69) is 10.9 Å². The van der Waals surface area contributed by atoms with E-state index in [-0.39, 0.29) is 25.4 Å². The molecular formula is C16H17FN4O8. The highest BCUT2D eigenvalue weighted by molar-refractivity contribution is 5.13. The molecule has 156 valence electrons. The molecule has 1 aliphatic rings. The van der Waals surface area contributed by atoms with Crippen molar-refractivity contribution < 1.29 is 24.1 Å². The molecular weight excluding hydrogens is 395 g/mol. The van der Waals surface area contributed by atoms with Gasteiger partial charge < -0.3 is 24.7 Å². The lowest BCUT2D eigenvalue weighted by atomic mass is 10.2. The molecule has 1 saturated heterocycles. The number of terminal acetylenes is 1. The van der Waals surface area contributed by atoms with Crippen LogP contribution in [0.4, 0.5) is 4.39 Å². The van der Waals surface area contributed by atoms with E-state index in [0.29, 0.717) is 6.20 Å². The molecule has 0 unspecified atom stereocenters. The number of rotatable bonds is 4. The van der Waals surface area contributed by atoms with Crippen LogP contribution in [0.2, 0.25) is 0 Å². The molecule has 1 fully saturated rings. The number of hydrogen-bond acceptors (Lipinski definition) is 8. The second-order valence-corrected chi connectivity index (χ2v) is 5.69. The minimum atomic E-state index is -1.00. The number of aliphatic hydroxyl groups excluding tert-OH is 2. The summed E-state index contributed by atoms with van der Waals surface area (Å²) in [5.41, 5.74) is -3.10. The van der Waals surface area contributed by atoms with Crippen molar-refractivity contribution in [3.8, 4) is 18.1 Å². The smallest absolute Gasteiger partial charge is 0.330 e. The molecule has 0 saturated carbocycles. The van der Waals surface area contributed by atoms with Gasteiger partial charge in [-0.25, -0.2) is 9.59 Å². The van der Waals surface area contributed by atoms with Gasteiger partial charge in [0.25, 0.3) is 11.1 Å². The van der Waals surface area contributed by atoms with Crippen LogP contribution < -0.4 is 27.2 Å². The van der Waals surface area contributed by atoms with E-state index in [1.807, 2.05) is 4.98 Å². The third-order valence-corrected chi connectivity index (χ3v) is 3.71. The number of ether oxygens (including phenoxy) is 2. The van der Waals surface area contributed by atoms with Crippen LogP contribution in [0.3, 0.4) is 0 Å². The van der Waals surface area contributed by atoms with Crippen molar-refractivity contribution in [2.45, 2.75) is 24.9 Å². The van der Waals surface area contributed by atoms with Crippen molar-refractivity contribution in [2.75, 3.05) is 13.2 Å². The van der Waals surface area contributed by atoms with Gasteiger partial charge in [0.2, 0.25) is 11.6 Å². The summed E-state index contributed by atoms with van der Waals surface area (Å²) in [5.74, 6) is 1.09. The van der Waals surface area contributed by atoms with Gasteiger partial charge in [0.05, 0.1) is 18.9 Å². The van der Waals surface area contributed by atoms with E-state index in [1.54, 1.807) is 4.98 Å². The Kier molecular flexibility index (Phi) is 7.26. The Morgan fingerprint density at radius 2 is 2.03 bits per heavy atom. The topological polar surface area (TPSA) is 179 Å². The zero-order valence-corrected chi connectivity index (χ0v) is 14.8. The molecule has 0 spiro atoms. The lowest BCUT2D eigenvalue weighted by molar-refractivity contribution is -0.0461. The van der Waals surface area contributed by atoms with Crippen molar-refractivity contribution in [2.24, 2.45) is 0 Å². The Balaban J connectivity index is 0.000000278. The van der Waals surface area contributed by atoms with Gasteiger partial charge in [-0.3, -0.25) is 24.1 Å². The molecule has 12 nitrogen and oxygen atoms in total. The van der Waals surface area contributed by atoms with E-state index < -0.39 is 46.8 Å². The molecule has 3 atom stereocenters. The Hall–Kier alpha value is -3.47. The van der Waals surface area contributed by atoms with Crippen LogP contribution in [-0.2, 0) is 4.74 Å². The molecule has 3 heterocycles. The van der Waals surface area contributed by atoms with Crippen LogP contribution in [0.15, 0.2) is 31.6 Å². The fourth-order valence-corrected chi connectivity index (χ4v) is 2.35. The van der Waals surface area contributed by atoms with Gasteiger partial charge in [0.15, 0.2) is 0 Å². The molecule has 29 heavy (non-hydrogen) atoms. The quantitative estimate of drug-likeness (QED) is 0.339. The van der Waals surface area contributed by atoms with Crippen molar-refractivity contribution in [3.05, 3.63) is 59.9 Å². The summed E-state index contributed by atoms with van der Waals surface area (Å²) in [6.07, 6.45) is 4.58. The molecule has 2 aromatic rings. The van der Waals surface area contributed by atoms with Gasteiger partial charge in [0.1, 0.15) is 18.9 Å². The summed E-state index contributed by atoms with van der Waals surface area (Å²) in [5, 5.41) is 18.7. The molecule has 0 aliphatic carbocycles. The number of halogens is 1. The number of aromatic nitrogens is 4. The first kappa shape index (κ1) is 21.8. The molecule has 13 heteroatoms. The molecule has 3 rings (SSSR count). The van der Waals surface area contributed by atoms with Crippen molar-refractivity contribution in [3.63, 3.8) is 0 Å². The summed E-state index contributed by atoms with van der Waals surface area (Å²) in [7, 11) is 0. The highest BCUT2D eigenvalue weighted by Gasteiger charge is 2.35. The van der Waals surface area contributed by atoms with Crippen molar-refractivity contribution >= 4 is 0 Å². The van der Waals surface area contributed by atoms with Gasteiger partial charge in [-0.15, -0.1) is 6.42 Å². The molecule has 1 aliphatic heterocycles. The number of nitrogens with one attached hydrogen (secondary N) is 3. The highest BCUT2D eigenvalue weighted by atomic mass is 19.1. The lowest BCUT2D eigenvalue weighted by Crippen LogP contribution is -2.33. The normalized spacial score (nSPS) is 20.4. The fourth-order valence-electron chi connectivity index (χ4n) is 2.35. The van der Waals surface area contributed by atoms with Gasteiger partial charge in [0, 0.05) is 12.6 Å². The summed E-state index contributed by atoms with van der Waals surface area (Å²) in [6.45, 7) is -0.481. The van der Waals surface area contributed by atoms with Gasteiger partial charge in [-0.2, -0.15) is 4.39 Å². The monoisotopic (exact) mass is 412 g/mol. The minimum Gasteiger partial charge on any atom is -0.474 e. The maximum atomic E-state index is 12.0. The Morgan fingerprint density at radius 3 is 2.59 bits per heavy atom. The van der Waals surface area contributed by atoms with Crippen LogP contribution in [0.1, 0.15) is 12.6 Å². The third kappa shape index (κ3) is 5.51. The van der Waals surface area contributed by atoms with Crippen LogP contribution in [0.5, 0.6) is 5.75 Å². The standard InChI is InChI=1S/C12H14N2O6.C4H3FN2O2/c1-2-3-19-8-5-14(12(18)13-11(8)17)10-4-7(16)9(6-15)20-10;5-2-1-6-4(9)7-3(2)8/h1,5,7,9-10,15-16H,3-4,6H2,(H,13,17,18);1H,(H2,6,7,8,9)/t7-,9+,10+;/m0./s1. The summed E-state index contributed by atoms with van der Waals surface area (Å²) >= 11 is 0. The third-order valence-electron chi connectivity index (χ3n) is 3.71. The van der Waals surface area contributed by atoms with Gasteiger partial charge in [-0.1, -0.05) is 5.92 Å². The highest BCUT2D eigenvalue weighted by Crippen LogP contribution is 2.27.